The third kappa shape index (κ3) is 3.30. The molecule has 2 aromatic rings. The van der Waals surface area contributed by atoms with Gasteiger partial charge < -0.3 is 9.80 Å². The second kappa shape index (κ2) is 7.08. The quantitative estimate of drug-likeness (QED) is 0.857. The van der Waals surface area contributed by atoms with E-state index >= 15 is 0 Å². The number of carbonyl (C=O) groups is 1. The summed E-state index contributed by atoms with van der Waals surface area (Å²) >= 11 is 0. The van der Waals surface area contributed by atoms with Gasteiger partial charge in [0.25, 0.3) is 5.91 Å². The van der Waals surface area contributed by atoms with Gasteiger partial charge in [0, 0.05) is 37.4 Å². The van der Waals surface area contributed by atoms with E-state index in [1.807, 2.05) is 36.1 Å². The molecule has 0 atom stereocenters. The summed E-state index contributed by atoms with van der Waals surface area (Å²) in [5.41, 5.74) is 6.06. The molecule has 126 valence electrons. The van der Waals surface area contributed by atoms with Crippen LogP contribution in [0.4, 0.5) is 5.69 Å². The lowest BCUT2D eigenvalue weighted by Gasteiger charge is -2.37. The van der Waals surface area contributed by atoms with E-state index in [9.17, 15) is 4.79 Å². The highest BCUT2D eigenvalue weighted by atomic mass is 16.2. The van der Waals surface area contributed by atoms with Crippen molar-refractivity contribution >= 4 is 11.6 Å². The van der Waals surface area contributed by atoms with Gasteiger partial charge in [-0.15, -0.1) is 0 Å². The van der Waals surface area contributed by atoms with Crippen LogP contribution < -0.4 is 4.90 Å². The number of hydrogen-bond acceptors (Lipinski definition) is 2. The first-order valence-corrected chi connectivity index (χ1v) is 8.79. The number of piperazine rings is 1. The third-order valence-electron chi connectivity index (χ3n) is 4.88. The van der Waals surface area contributed by atoms with Crippen molar-refractivity contribution in [3.8, 4) is 0 Å². The third-order valence-corrected chi connectivity index (χ3v) is 4.88. The van der Waals surface area contributed by atoms with Gasteiger partial charge in [0.05, 0.1) is 0 Å². The average Bonchev–Trinajstić information content (AvgIpc) is 2.61. The van der Waals surface area contributed by atoms with Crippen molar-refractivity contribution in [2.24, 2.45) is 0 Å². The molecular formula is C21H26N2O. The smallest absolute Gasteiger partial charge is 0.253 e. The van der Waals surface area contributed by atoms with Crippen molar-refractivity contribution in [2.45, 2.75) is 27.2 Å². The van der Waals surface area contributed by atoms with E-state index in [4.69, 9.17) is 0 Å². The Morgan fingerprint density at radius 1 is 0.958 bits per heavy atom. The summed E-state index contributed by atoms with van der Waals surface area (Å²) in [7, 11) is 0. The van der Waals surface area contributed by atoms with Crippen molar-refractivity contribution in [3.05, 3.63) is 64.7 Å². The van der Waals surface area contributed by atoms with Crippen LogP contribution in [0.3, 0.4) is 0 Å². The highest BCUT2D eigenvalue weighted by Gasteiger charge is 2.23. The topological polar surface area (TPSA) is 23.6 Å². The number of benzene rings is 2. The average molecular weight is 322 g/mol. The van der Waals surface area contributed by atoms with E-state index in [0.29, 0.717) is 0 Å². The molecule has 0 spiro atoms. The lowest BCUT2D eigenvalue weighted by Crippen LogP contribution is -2.49. The van der Waals surface area contributed by atoms with Gasteiger partial charge in [0.15, 0.2) is 0 Å². The molecule has 1 amide bonds. The molecule has 0 bridgehead atoms. The summed E-state index contributed by atoms with van der Waals surface area (Å²) in [6.07, 6.45) is 1.04. The van der Waals surface area contributed by atoms with Crippen molar-refractivity contribution in [2.75, 3.05) is 31.1 Å². The molecule has 0 aromatic heterocycles. The minimum absolute atomic E-state index is 0.148. The standard InChI is InChI=1S/C21H26N2O/c1-4-18-7-5-6-17(3)20(18)22-12-14-23(15-13-22)21(24)19-10-8-16(2)9-11-19/h5-11H,4,12-15H2,1-3H3. The number of para-hydroxylation sites is 1. The zero-order valence-corrected chi connectivity index (χ0v) is 14.9. The SMILES string of the molecule is CCc1cccc(C)c1N1CCN(C(=O)c2ccc(C)cc2)CC1. The first-order valence-electron chi connectivity index (χ1n) is 8.79. The maximum absolute atomic E-state index is 12.7. The molecule has 3 heteroatoms. The fourth-order valence-electron chi connectivity index (χ4n) is 3.47. The first-order chi connectivity index (χ1) is 11.6. The normalized spacial score (nSPS) is 14.8. The van der Waals surface area contributed by atoms with Gasteiger partial charge in [-0.3, -0.25) is 4.79 Å². The molecule has 1 heterocycles. The summed E-state index contributed by atoms with van der Waals surface area (Å²) in [6.45, 7) is 9.79. The van der Waals surface area contributed by atoms with Gasteiger partial charge in [0.2, 0.25) is 0 Å². The van der Waals surface area contributed by atoms with Gasteiger partial charge in [-0.2, -0.15) is 0 Å². The second-order valence-corrected chi connectivity index (χ2v) is 6.58. The molecule has 24 heavy (non-hydrogen) atoms. The highest BCUT2D eigenvalue weighted by molar-refractivity contribution is 5.94. The number of amides is 1. The zero-order valence-electron chi connectivity index (χ0n) is 14.9. The molecule has 1 fully saturated rings. The number of carbonyl (C=O) groups excluding carboxylic acids is 1. The molecule has 1 saturated heterocycles. The van der Waals surface area contributed by atoms with Crippen molar-refractivity contribution < 1.29 is 4.79 Å². The molecule has 2 aromatic carbocycles. The Morgan fingerprint density at radius 3 is 2.25 bits per heavy atom. The summed E-state index contributed by atoms with van der Waals surface area (Å²) < 4.78 is 0. The summed E-state index contributed by atoms with van der Waals surface area (Å²) in [4.78, 5) is 17.1. The molecule has 0 radical (unpaired) electrons. The van der Waals surface area contributed by atoms with Crippen LogP contribution in [0.15, 0.2) is 42.5 Å². The van der Waals surface area contributed by atoms with Crippen molar-refractivity contribution in [1.29, 1.82) is 0 Å². The Morgan fingerprint density at radius 2 is 1.62 bits per heavy atom. The van der Waals surface area contributed by atoms with Crippen LogP contribution in [0.1, 0.15) is 34.0 Å². The minimum Gasteiger partial charge on any atom is -0.368 e. The molecule has 0 unspecified atom stereocenters. The Hall–Kier alpha value is -2.29. The molecule has 1 aliphatic rings. The fraction of sp³-hybridized carbons (Fsp3) is 0.381. The van der Waals surface area contributed by atoms with Crippen LogP contribution in [-0.4, -0.2) is 37.0 Å². The van der Waals surface area contributed by atoms with Gasteiger partial charge in [-0.25, -0.2) is 0 Å². The molecular weight excluding hydrogens is 296 g/mol. The predicted molar refractivity (Wildman–Crippen MR) is 99.9 cm³/mol. The molecule has 0 saturated carbocycles. The predicted octanol–water partition coefficient (Wildman–Crippen LogP) is 3.83. The number of hydrogen-bond donors (Lipinski definition) is 0. The van der Waals surface area contributed by atoms with Crippen LogP contribution in [0, 0.1) is 13.8 Å². The fourth-order valence-corrected chi connectivity index (χ4v) is 3.47. The van der Waals surface area contributed by atoms with Crippen molar-refractivity contribution in [3.63, 3.8) is 0 Å². The van der Waals surface area contributed by atoms with Gasteiger partial charge in [0.1, 0.15) is 0 Å². The van der Waals surface area contributed by atoms with Crippen LogP contribution in [0.25, 0.3) is 0 Å². The monoisotopic (exact) mass is 322 g/mol. The molecule has 3 rings (SSSR count). The Balaban J connectivity index is 1.70. The summed E-state index contributed by atoms with van der Waals surface area (Å²) in [5.74, 6) is 0.148. The Bertz CT molecular complexity index is 713. The molecule has 0 N–H and O–H groups in total. The Labute approximate surface area is 144 Å². The molecule has 0 aliphatic carbocycles. The lowest BCUT2D eigenvalue weighted by molar-refractivity contribution is 0.0747. The van der Waals surface area contributed by atoms with Gasteiger partial charge in [-0.1, -0.05) is 42.8 Å². The number of anilines is 1. The van der Waals surface area contributed by atoms with E-state index in [-0.39, 0.29) is 5.91 Å². The number of aryl methyl sites for hydroxylation is 3. The largest absolute Gasteiger partial charge is 0.368 e. The van der Waals surface area contributed by atoms with E-state index in [1.165, 1.54) is 22.4 Å². The molecule has 3 nitrogen and oxygen atoms in total. The van der Waals surface area contributed by atoms with E-state index < -0.39 is 0 Å². The lowest BCUT2D eigenvalue weighted by atomic mass is 10.0. The zero-order chi connectivity index (χ0) is 17.1. The van der Waals surface area contributed by atoms with Crippen LogP contribution in [0.2, 0.25) is 0 Å². The number of rotatable bonds is 3. The van der Waals surface area contributed by atoms with E-state index in [0.717, 1.165) is 38.2 Å². The highest BCUT2D eigenvalue weighted by Crippen LogP contribution is 2.27. The van der Waals surface area contributed by atoms with Gasteiger partial charge in [-0.05, 0) is 43.5 Å². The minimum atomic E-state index is 0.148. The van der Waals surface area contributed by atoms with Crippen LogP contribution in [0.5, 0.6) is 0 Å². The van der Waals surface area contributed by atoms with Crippen molar-refractivity contribution in [1.82, 2.24) is 4.90 Å². The summed E-state index contributed by atoms with van der Waals surface area (Å²) in [5, 5.41) is 0. The maximum atomic E-state index is 12.7. The summed E-state index contributed by atoms with van der Waals surface area (Å²) in [6, 6.07) is 14.4. The van der Waals surface area contributed by atoms with Gasteiger partial charge >= 0.3 is 0 Å². The van der Waals surface area contributed by atoms with Crippen LogP contribution in [-0.2, 0) is 6.42 Å². The van der Waals surface area contributed by atoms with E-state index in [1.54, 1.807) is 0 Å². The number of nitrogens with zero attached hydrogens (tertiary/aromatic N) is 2. The second-order valence-electron chi connectivity index (χ2n) is 6.58. The maximum Gasteiger partial charge on any atom is 0.253 e. The first kappa shape index (κ1) is 16.6. The Kier molecular flexibility index (Phi) is 4.89. The molecule has 1 aliphatic heterocycles. The van der Waals surface area contributed by atoms with E-state index in [2.05, 4.69) is 36.9 Å². The van der Waals surface area contributed by atoms with Crippen LogP contribution >= 0.6 is 0 Å².